The normalized spacial score (nSPS) is 40.3. The Morgan fingerprint density at radius 2 is 2.23 bits per heavy atom. The van der Waals surface area contributed by atoms with Crippen LogP contribution in [0.15, 0.2) is 12.2 Å². The summed E-state index contributed by atoms with van der Waals surface area (Å²) < 4.78 is 0. The van der Waals surface area contributed by atoms with E-state index >= 15 is 0 Å². The fourth-order valence-electron chi connectivity index (χ4n) is 2.10. The maximum absolute atomic E-state index is 9.94. The van der Waals surface area contributed by atoms with Crippen molar-refractivity contribution in [3.05, 3.63) is 12.2 Å². The fraction of sp³-hybridized carbons (Fsp3) is 0.818. The van der Waals surface area contributed by atoms with Crippen LogP contribution >= 0.6 is 0 Å². The van der Waals surface area contributed by atoms with Crippen LogP contribution in [0, 0.1) is 11.8 Å². The van der Waals surface area contributed by atoms with Gasteiger partial charge in [0.25, 0.3) is 0 Å². The van der Waals surface area contributed by atoms with Crippen LogP contribution in [0.1, 0.15) is 33.1 Å². The molecule has 0 bridgehead atoms. The summed E-state index contributed by atoms with van der Waals surface area (Å²) >= 11 is 0. The molecule has 0 amide bonds. The Balaban J connectivity index is 2.63. The summed E-state index contributed by atoms with van der Waals surface area (Å²) in [5.41, 5.74) is 0.495. The number of allylic oxidation sites excluding steroid dienone is 1. The second-order valence-corrected chi connectivity index (χ2v) is 4.55. The molecule has 2 nitrogen and oxygen atoms in total. The number of hydrogen-bond donors (Lipinski definition) is 2. The molecule has 13 heavy (non-hydrogen) atoms. The molecular weight excluding hydrogens is 164 g/mol. The summed E-state index contributed by atoms with van der Waals surface area (Å²) in [7, 11) is 0. The summed E-state index contributed by atoms with van der Waals surface area (Å²) in [5, 5.41) is 19.1. The molecule has 1 aliphatic carbocycles. The van der Waals surface area contributed by atoms with E-state index in [4.69, 9.17) is 5.11 Å². The molecule has 3 unspecified atom stereocenters. The van der Waals surface area contributed by atoms with Gasteiger partial charge in [-0.2, -0.15) is 0 Å². The first-order valence-electron chi connectivity index (χ1n) is 4.96. The van der Waals surface area contributed by atoms with Gasteiger partial charge in [-0.05, 0) is 39.0 Å². The van der Waals surface area contributed by atoms with E-state index in [1.807, 2.05) is 13.8 Å². The van der Waals surface area contributed by atoms with Crippen molar-refractivity contribution in [2.24, 2.45) is 11.8 Å². The number of aliphatic hydroxyl groups excluding tert-OH is 1. The number of aliphatic hydroxyl groups is 2. The summed E-state index contributed by atoms with van der Waals surface area (Å²) in [6.45, 7) is 7.86. The van der Waals surface area contributed by atoms with Gasteiger partial charge in [0.15, 0.2) is 0 Å². The van der Waals surface area contributed by atoms with Gasteiger partial charge in [0.05, 0.1) is 5.60 Å². The van der Waals surface area contributed by atoms with Crippen molar-refractivity contribution < 1.29 is 10.2 Å². The third-order valence-electron chi connectivity index (χ3n) is 3.36. The van der Waals surface area contributed by atoms with E-state index in [2.05, 4.69) is 6.58 Å². The molecule has 0 radical (unpaired) electrons. The van der Waals surface area contributed by atoms with E-state index in [-0.39, 0.29) is 12.5 Å². The molecule has 1 fully saturated rings. The van der Waals surface area contributed by atoms with E-state index < -0.39 is 5.60 Å². The molecular formula is C11H20O2. The van der Waals surface area contributed by atoms with Crippen molar-refractivity contribution >= 4 is 0 Å². The lowest BCUT2D eigenvalue weighted by Crippen LogP contribution is -2.42. The Morgan fingerprint density at radius 3 is 2.69 bits per heavy atom. The van der Waals surface area contributed by atoms with Crippen molar-refractivity contribution in [3.63, 3.8) is 0 Å². The Bertz CT molecular complexity index is 196. The van der Waals surface area contributed by atoms with Crippen LogP contribution in [0.4, 0.5) is 0 Å². The summed E-state index contributed by atoms with van der Waals surface area (Å²) in [6.07, 6.45) is 2.65. The van der Waals surface area contributed by atoms with E-state index in [1.165, 1.54) is 5.57 Å². The molecule has 1 rings (SSSR count). The Kier molecular flexibility index (Phi) is 3.14. The standard InChI is InChI=1S/C11H20O2/c1-8(2)9-4-5-11(3,13)10(6-9)7-12/h9-10,12-13H,1,4-7H2,2-3H3. The third kappa shape index (κ3) is 2.32. The SMILES string of the molecule is C=C(C)C1CCC(C)(O)C(CO)C1. The molecule has 3 atom stereocenters. The molecule has 1 aliphatic rings. The molecule has 0 saturated heterocycles. The predicted octanol–water partition coefficient (Wildman–Crippen LogP) is 1.72. The van der Waals surface area contributed by atoms with Gasteiger partial charge >= 0.3 is 0 Å². The fourth-order valence-corrected chi connectivity index (χ4v) is 2.10. The lowest BCUT2D eigenvalue weighted by atomic mass is 9.70. The van der Waals surface area contributed by atoms with Gasteiger partial charge in [-0.3, -0.25) is 0 Å². The van der Waals surface area contributed by atoms with Crippen molar-refractivity contribution in [2.45, 2.75) is 38.7 Å². The summed E-state index contributed by atoms with van der Waals surface area (Å²) in [6, 6.07) is 0. The van der Waals surface area contributed by atoms with Crippen molar-refractivity contribution in [2.75, 3.05) is 6.61 Å². The van der Waals surface area contributed by atoms with Gasteiger partial charge in [0, 0.05) is 12.5 Å². The highest BCUT2D eigenvalue weighted by atomic mass is 16.3. The van der Waals surface area contributed by atoms with Gasteiger partial charge in [-0.25, -0.2) is 0 Å². The zero-order chi connectivity index (χ0) is 10.1. The maximum atomic E-state index is 9.94. The molecule has 0 aromatic carbocycles. The zero-order valence-corrected chi connectivity index (χ0v) is 8.58. The highest BCUT2D eigenvalue weighted by Crippen LogP contribution is 2.38. The molecule has 2 N–H and O–H groups in total. The Hall–Kier alpha value is -0.340. The molecule has 0 heterocycles. The smallest absolute Gasteiger partial charge is 0.0670 e. The van der Waals surface area contributed by atoms with Crippen LogP contribution in [-0.4, -0.2) is 22.4 Å². The molecule has 76 valence electrons. The minimum atomic E-state index is -0.680. The topological polar surface area (TPSA) is 40.5 Å². The molecule has 0 spiro atoms. The Labute approximate surface area is 80.3 Å². The lowest BCUT2D eigenvalue weighted by molar-refractivity contribution is -0.0615. The second kappa shape index (κ2) is 3.81. The van der Waals surface area contributed by atoms with Gasteiger partial charge in [-0.15, -0.1) is 0 Å². The average Bonchev–Trinajstić information content (AvgIpc) is 2.03. The first-order valence-corrected chi connectivity index (χ1v) is 4.96. The van der Waals surface area contributed by atoms with Crippen LogP contribution < -0.4 is 0 Å². The van der Waals surface area contributed by atoms with Gasteiger partial charge in [0.2, 0.25) is 0 Å². The van der Waals surface area contributed by atoms with E-state index in [0.29, 0.717) is 5.92 Å². The quantitative estimate of drug-likeness (QED) is 0.641. The van der Waals surface area contributed by atoms with E-state index in [9.17, 15) is 5.11 Å². The van der Waals surface area contributed by atoms with Gasteiger partial charge < -0.3 is 10.2 Å². The third-order valence-corrected chi connectivity index (χ3v) is 3.36. The van der Waals surface area contributed by atoms with Crippen molar-refractivity contribution in [3.8, 4) is 0 Å². The van der Waals surface area contributed by atoms with Crippen molar-refractivity contribution in [1.82, 2.24) is 0 Å². The molecule has 2 heteroatoms. The maximum Gasteiger partial charge on any atom is 0.0670 e. The van der Waals surface area contributed by atoms with Gasteiger partial charge in [0.1, 0.15) is 0 Å². The van der Waals surface area contributed by atoms with Crippen LogP contribution in [-0.2, 0) is 0 Å². The van der Waals surface area contributed by atoms with Crippen molar-refractivity contribution in [1.29, 1.82) is 0 Å². The van der Waals surface area contributed by atoms with Crippen LogP contribution in [0.25, 0.3) is 0 Å². The van der Waals surface area contributed by atoms with E-state index in [0.717, 1.165) is 19.3 Å². The van der Waals surface area contributed by atoms with Crippen LogP contribution in [0.3, 0.4) is 0 Å². The van der Waals surface area contributed by atoms with Gasteiger partial charge in [-0.1, -0.05) is 12.2 Å². The number of hydrogen-bond acceptors (Lipinski definition) is 2. The average molecular weight is 184 g/mol. The molecule has 0 aromatic heterocycles. The van der Waals surface area contributed by atoms with Crippen LogP contribution in [0.2, 0.25) is 0 Å². The molecule has 0 aliphatic heterocycles. The Morgan fingerprint density at radius 1 is 1.62 bits per heavy atom. The molecule has 1 saturated carbocycles. The highest BCUT2D eigenvalue weighted by molar-refractivity contribution is 5.02. The highest BCUT2D eigenvalue weighted by Gasteiger charge is 2.37. The van der Waals surface area contributed by atoms with E-state index in [1.54, 1.807) is 0 Å². The largest absolute Gasteiger partial charge is 0.396 e. The predicted molar refractivity (Wildman–Crippen MR) is 53.4 cm³/mol. The first-order chi connectivity index (χ1) is 5.97. The monoisotopic (exact) mass is 184 g/mol. The zero-order valence-electron chi connectivity index (χ0n) is 8.58. The number of rotatable bonds is 2. The minimum absolute atomic E-state index is 0.0166. The first kappa shape index (κ1) is 10.7. The lowest BCUT2D eigenvalue weighted by Gasteiger charge is -2.40. The summed E-state index contributed by atoms with van der Waals surface area (Å²) in [4.78, 5) is 0. The molecule has 0 aromatic rings. The summed E-state index contributed by atoms with van der Waals surface area (Å²) in [5.74, 6) is 0.500. The minimum Gasteiger partial charge on any atom is -0.396 e. The van der Waals surface area contributed by atoms with Crippen LogP contribution in [0.5, 0.6) is 0 Å². The second-order valence-electron chi connectivity index (χ2n) is 4.55.